The molecule has 0 fully saturated rings. The highest BCUT2D eigenvalue weighted by atomic mass is 32.2. The molecule has 0 saturated heterocycles. The zero-order valence-corrected chi connectivity index (χ0v) is 18.3. The van der Waals surface area contributed by atoms with Crippen LogP contribution in [0.15, 0.2) is 95.2 Å². The van der Waals surface area contributed by atoms with Gasteiger partial charge in [0.15, 0.2) is 16.7 Å². The summed E-state index contributed by atoms with van der Waals surface area (Å²) in [7, 11) is 0. The summed E-state index contributed by atoms with van der Waals surface area (Å²) in [6.07, 6.45) is 0. The molecule has 0 spiro atoms. The summed E-state index contributed by atoms with van der Waals surface area (Å²) >= 11 is 1.06. The van der Waals surface area contributed by atoms with Crippen molar-refractivity contribution in [3.8, 4) is 17.1 Å². The molecule has 9 nitrogen and oxygen atoms in total. The van der Waals surface area contributed by atoms with Gasteiger partial charge in [0.25, 0.3) is 5.69 Å². The van der Waals surface area contributed by atoms with Crippen molar-refractivity contribution in [1.29, 1.82) is 0 Å². The summed E-state index contributed by atoms with van der Waals surface area (Å²) in [4.78, 5) is 22.8. The zero-order chi connectivity index (χ0) is 23.2. The molecule has 0 atom stereocenters. The van der Waals surface area contributed by atoms with Crippen molar-refractivity contribution in [3.63, 3.8) is 0 Å². The third-order valence-corrected chi connectivity index (χ3v) is 5.53. The van der Waals surface area contributed by atoms with E-state index in [0.29, 0.717) is 16.7 Å². The number of nitro benzene ring substituents is 1. The van der Waals surface area contributed by atoms with Crippen molar-refractivity contribution in [2.75, 3.05) is 5.43 Å². The van der Waals surface area contributed by atoms with Gasteiger partial charge in [0, 0.05) is 30.3 Å². The highest BCUT2D eigenvalue weighted by Crippen LogP contribution is 2.29. The molecular formula is C23H18N6O3S. The maximum atomic E-state index is 12.3. The van der Waals surface area contributed by atoms with E-state index < -0.39 is 4.92 Å². The molecular weight excluding hydrogens is 440 g/mol. The Labute approximate surface area is 193 Å². The Morgan fingerprint density at radius 2 is 1.70 bits per heavy atom. The van der Waals surface area contributed by atoms with E-state index >= 15 is 0 Å². The number of benzene rings is 3. The number of carbonyl (C=O) groups excluding carboxylic acids is 1. The average molecular weight is 459 g/mol. The number of nitrogens with zero attached hydrogens (tertiary/aromatic N) is 5. The predicted octanol–water partition coefficient (Wildman–Crippen LogP) is 4.95. The van der Waals surface area contributed by atoms with Gasteiger partial charge in [0.1, 0.15) is 0 Å². The Bertz CT molecular complexity index is 1320. The van der Waals surface area contributed by atoms with E-state index in [9.17, 15) is 14.9 Å². The number of para-hydroxylation sites is 1. The van der Waals surface area contributed by atoms with Gasteiger partial charge in [-0.3, -0.25) is 24.9 Å². The smallest absolute Gasteiger partial charge is 0.271 e. The number of anilines is 1. The lowest BCUT2D eigenvalue weighted by molar-refractivity contribution is -0.384. The summed E-state index contributed by atoms with van der Waals surface area (Å²) in [5.74, 6) is 0.334. The molecule has 0 saturated carbocycles. The molecule has 4 rings (SSSR count). The largest absolute Gasteiger partial charge is 0.292 e. The van der Waals surface area contributed by atoms with Gasteiger partial charge >= 0.3 is 0 Å². The van der Waals surface area contributed by atoms with Crippen LogP contribution in [0.5, 0.6) is 0 Å². The molecule has 1 heterocycles. The molecule has 0 radical (unpaired) electrons. The second-order valence-electron chi connectivity index (χ2n) is 6.84. The number of carbonyl (C=O) groups is 1. The third kappa shape index (κ3) is 5.13. The fourth-order valence-electron chi connectivity index (χ4n) is 2.98. The first-order chi connectivity index (χ1) is 16.0. The predicted molar refractivity (Wildman–Crippen MR) is 127 cm³/mol. The van der Waals surface area contributed by atoms with Crippen LogP contribution in [0.25, 0.3) is 17.1 Å². The summed E-state index contributed by atoms with van der Waals surface area (Å²) in [6, 6.07) is 25.1. The van der Waals surface area contributed by atoms with Crippen molar-refractivity contribution >= 4 is 34.0 Å². The van der Waals surface area contributed by atoms with Crippen LogP contribution in [0.1, 0.15) is 6.92 Å². The monoisotopic (exact) mass is 458 g/mol. The summed E-state index contributed by atoms with van der Waals surface area (Å²) < 4.78 is 1.85. The number of nitrogens with one attached hydrogen (secondary N) is 1. The van der Waals surface area contributed by atoms with E-state index in [2.05, 4.69) is 20.7 Å². The maximum absolute atomic E-state index is 12.3. The number of ketones is 1. The van der Waals surface area contributed by atoms with E-state index in [-0.39, 0.29) is 16.5 Å². The van der Waals surface area contributed by atoms with Crippen LogP contribution in [0.4, 0.5) is 11.4 Å². The Kier molecular flexibility index (Phi) is 6.56. The molecule has 4 aromatic rings. The Morgan fingerprint density at radius 3 is 2.36 bits per heavy atom. The number of Topliss-reactive ketones (excluding diaryl/α,β-unsaturated/α-hetero) is 1. The molecule has 0 amide bonds. The zero-order valence-electron chi connectivity index (χ0n) is 17.5. The molecule has 164 valence electrons. The minimum Gasteiger partial charge on any atom is -0.292 e. The fraction of sp³-hybridized carbons (Fsp3) is 0.0435. The van der Waals surface area contributed by atoms with Gasteiger partial charge in [-0.25, -0.2) is 0 Å². The molecule has 1 N–H and O–H groups in total. The minimum absolute atomic E-state index is 0.0800. The highest BCUT2D eigenvalue weighted by molar-refractivity contribution is 8.15. The van der Waals surface area contributed by atoms with Gasteiger partial charge in [0.05, 0.1) is 10.6 Å². The number of hydrogen-bond donors (Lipinski definition) is 1. The quantitative estimate of drug-likeness (QED) is 0.137. The lowest BCUT2D eigenvalue weighted by Gasteiger charge is -2.10. The normalized spacial score (nSPS) is 11.2. The number of hydrogen-bond acceptors (Lipinski definition) is 8. The van der Waals surface area contributed by atoms with Gasteiger partial charge in [-0.2, -0.15) is 5.10 Å². The first kappa shape index (κ1) is 21.9. The lowest BCUT2D eigenvalue weighted by atomic mass is 10.2. The summed E-state index contributed by atoms with van der Waals surface area (Å²) in [6.45, 7) is 1.39. The second-order valence-corrected chi connectivity index (χ2v) is 7.79. The summed E-state index contributed by atoms with van der Waals surface area (Å²) in [5, 5.41) is 24.4. The molecule has 33 heavy (non-hydrogen) atoms. The topological polar surface area (TPSA) is 115 Å². The number of rotatable bonds is 7. The van der Waals surface area contributed by atoms with E-state index in [0.717, 1.165) is 23.0 Å². The summed E-state index contributed by atoms with van der Waals surface area (Å²) in [5.41, 5.74) is 4.73. The van der Waals surface area contributed by atoms with Crippen molar-refractivity contribution in [2.24, 2.45) is 5.10 Å². The molecule has 3 aromatic carbocycles. The number of aromatic nitrogens is 3. The number of thioether (sulfide) groups is 1. The molecule has 10 heteroatoms. The van der Waals surface area contributed by atoms with Gasteiger partial charge in [0.2, 0.25) is 5.16 Å². The fourth-order valence-corrected chi connectivity index (χ4v) is 3.76. The maximum Gasteiger partial charge on any atom is 0.271 e. The van der Waals surface area contributed by atoms with Crippen molar-refractivity contribution in [3.05, 3.63) is 95.0 Å². The van der Waals surface area contributed by atoms with Crippen molar-refractivity contribution < 1.29 is 9.72 Å². The van der Waals surface area contributed by atoms with Crippen molar-refractivity contribution in [1.82, 2.24) is 14.8 Å². The molecule has 0 aliphatic rings. The highest BCUT2D eigenvalue weighted by Gasteiger charge is 2.20. The van der Waals surface area contributed by atoms with E-state index in [1.54, 1.807) is 6.07 Å². The average Bonchev–Trinajstić information content (AvgIpc) is 3.26. The first-order valence-electron chi connectivity index (χ1n) is 9.86. The van der Waals surface area contributed by atoms with Gasteiger partial charge in [-0.15, -0.1) is 10.2 Å². The van der Waals surface area contributed by atoms with Gasteiger partial charge in [-0.05, 0) is 30.0 Å². The lowest BCUT2D eigenvalue weighted by Crippen LogP contribution is -2.10. The Hall–Kier alpha value is -4.31. The third-order valence-electron chi connectivity index (χ3n) is 4.51. The molecule has 0 aliphatic carbocycles. The van der Waals surface area contributed by atoms with E-state index in [4.69, 9.17) is 0 Å². The van der Waals surface area contributed by atoms with Crippen LogP contribution in [0.3, 0.4) is 0 Å². The molecule has 0 unspecified atom stereocenters. The number of hydrazone groups is 1. The molecule has 0 bridgehead atoms. The SMILES string of the molecule is CC(=O)/C(=N\Nc1cccc([N+](=O)[O-])c1)Sc1nnc(-c2ccccc2)n1-c1ccccc1. The van der Waals surface area contributed by atoms with E-state index in [1.165, 1.54) is 25.1 Å². The Morgan fingerprint density at radius 1 is 1.00 bits per heavy atom. The minimum atomic E-state index is -0.497. The molecule has 0 aliphatic heterocycles. The molecule has 1 aromatic heterocycles. The van der Waals surface area contributed by atoms with Crippen LogP contribution >= 0.6 is 11.8 Å². The van der Waals surface area contributed by atoms with Crippen LogP contribution in [-0.2, 0) is 4.79 Å². The first-order valence-corrected chi connectivity index (χ1v) is 10.7. The number of nitro groups is 1. The van der Waals surface area contributed by atoms with Gasteiger partial charge in [-0.1, -0.05) is 54.6 Å². The number of non-ortho nitro benzene ring substituents is 1. The van der Waals surface area contributed by atoms with E-state index in [1.807, 2.05) is 65.2 Å². The second kappa shape index (κ2) is 9.88. The van der Waals surface area contributed by atoms with Crippen LogP contribution in [0, 0.1) is 10.1 Å². The Balaban J connectivity index is 1.70. The van der Waals surface area contributed by atoms with Gasteiger partial charge < -0.3 is 0 Å². The van der Waals surface area contributed by atoms with Crippen LogP contribution < -0.4 is 5.43 Å². The van der Waals surface area contributed by atoms with Crippen molar-refractivity contribution in [2.45, 2.75) is 12.1 Å². The van der Waals surface area contributed by atoms with Crippen LogP contribution in [0.2, 0.25) is 0 Å². The standard InChI is InChI=1S/C23H18N6O3S/c1-16(30)22(26-24-18-11-8-14-20(15-18)29(31)32)33-23-27-25-21(17-9-4-2-5-10-17)28(23)19-12-6-3-7-13-19/h2-15,24H,1H3/b26-22+. The van der Waals surface area contributed by atoms with Crippen LogP contribution in [-0.4, -0.2) is 30.5 Å².